The van der Waals surface area contributed by atoms with E-state index in [1.165, 1.54) is 11.1 Å². The highest BCUT2D eigenvalue weighted by Gasteiger charge is 2.30. The van der Waals surface area contributed by atoms with Gasteiger partial charge in [0.05, 0.1) is 0 Å². The van der Waals surface area contributed by atoms with Crippen molar-refractivity contribution in [3.8, 4) is 11.8 Å². The van der Waals surface area contributed by atoms with E-state index >= 15 is 0 Å². The van der Waals surface area contributed by atoms with Crippen LogP contribution in [0.15, 0.2) is 85.2 Å². The van der Waals surface area contributed by atoms with Gasteiger partial charge in [0.1, 0.15) is 0 Å². The largest absolute Gasteiger partial charge is 0.332 e. The molecule has 1 amide bonds. The summed E-state index contributed by atoms with van der Waals surface area (Å²) < 4.78 is 0. The van der Waals surface area contributed by atoms with Gasteiger partial charge in [-0.1, -0.05) is 54.5 Å². The molecule has 0 bridgehead atoms. The number of benzene rings is 2. The van der Waals surface area contributed by atoms with Crippen LogP contribution in [0.1, 0.15) is 29.5 Å². The van der Waals surface area contributed by atoms with E-state index in [0.717, 1.165) is 44.5 Å². The zero-order chi connectivity index (χ0) is 22.9. The maximum Gasteiger partial charge on any atom is 0.298 e. The van der Waals surface area contributed by atoms with Gasteiger partial charge in [-0.25, -0.2) is 0 Å². The molecule has 1 aliphatic rings. The van der Waals surface area contributed by atoms with Crippen LogP contribution < -0.4 is 0 Å². The molecule has 1 atom stereocenters. The van der Waals surface area contributed by atoms with Crippen molar-refractivity contribution in [1.82, 2.24) is 14.8 Å². The summed E-state index contributed by atoms with van der Waals surface area (Å²) in [6.45, 7) is 2.42. The zero-order valence-electron chi connectivity index (χ0n) is 19.2. The Morgan fingerprint density at radius 3 is 2.27 bits per heavy atom. The van der Waals surface area contributed by atoms with Gasteiger partial charge in [-0.2, -0.15) is 0 Å². The van der Waals surface area contributed by atoms with Gasteiger partial charge in [0, 0.05) is 49.6 Å². The third-order valence-corrected chi connectivity index (χ3v) is 6.49. The number of piperidine rings is 1. The summed E-state index contributed by atoms with van der Waals surface area (Å²) in [7, 11) is 2.22. The van der Waals surface area contributed by atoms with Crippen LogP contribution >= 0.6 is 0 Å². The monoisotopic (exact) mass is 437 g/mol. The topological polar surface area (TPSA) is 36.4 Å². The van der Waals surface area contributed by atoms with Crippen LogP contribution in [0.25, 0.3) is 0 Å². The molecule has 0 saturated carbocycles. The van der Waals surface area contributed by atoms with Gasteiger partial charge in [-0.3, -0.25) is 14.7 Å². The van der Waals surface area contributed by atoms with E-state index in [0.29, 0.717) is 12.0 Å². The van der Waals surface area contributed by atoms with Crippen LogP contribution in [0, 0.1) is 17.8 Å². The lowest BCUT2D eigenvalue weighted by Gasteiger charge is -2.40. The van der Waals surface area contributed by atoms with E-state index < -0.39 is 0 Å². The second-order valence-corrected chi connectivity index (χ2v) is 8.77. The van der Waals surface area contributed by atoms with Crippen molar-refractivity contribution < 1.29 is 4.79 Å². The molecule has 168 valence electrons. The van der Waals surface area contributed by atoms with Crippen molar-refractivity contribution in [2.24, 2.45) is 5.92 Å². The first-order chi connectivity index (χ1) is 16.2. The Kier molecular flexibility index (Phi) is 7.90. The van der Waals surface area contributed by atoms with Gasteiger partial charge in [0.15, 0.2) is 0 Å². The van der Waals surface area contributed by atoms with E-state index in [1.54, 1.807) is 0 Å². The summed E-state index contributed by atoms with van der Waals surface area (Å²) in [4.78, 5) is 21.2. The number of nitrogens with zero attached hydrogens (tertiary/aromatic N) is 3. The highest BCUT2D eigenvalue weighted by atomic mass is 16.2. The van der Waals surface area contributed by atoms with Crippen molar-refractivity contribution in [2.45, 2.75) is 31.8 Å². The van der Waals surface area contributed by atoms with Crippen LogP contribution in [0.2, 0.25) is 0 Å². The molecule has 1 saturated heterocycles. The average molecular weight is 438 g/mol. The van der Waals surface area contributed by atoms with Crippen LogP contribution in [-0.2, 0) is 17.8 Å². The molecule has 1 aliphatic heterocycles. The number of pyridine rings is 1. The quantitative estimate of drug-likeness (QED) is 0.536. The van der Waals surface area contributed by atoms with E-state index in [-0.39, 0.29) is 5.91 Å². The fourth-order valence-electron chi connectivity index (χ4n) is 4.64. The maximum atomic E-state index is 12.7. The summed E-state index contributed by atoms with van der Waals surface area (Å²) in [5, 5.41) is 0. The number of aromatic nitrogens is 1. The predicted molar refractivity (Wildman–Crippen MR) is 132 cm³/mol. The van der Waals surface area contributed by atoms with Gasteiger partial charge < -0.3 is 4.90 Å². The Labute approximate surface area is 197 Å². The number of rotatable bonds is 6. The number of hydrogen-bond acceptors (Lipinski definition) is 3. The van der Waals surface area contributed by atoms with Gasteiger partial charge in [-0.05, 0) is 67.6 Å². The molecule has 0 radical (unpaired) electrons. The lowest BCUT2D eigenvalue weighted by atomic mass is 9.84. The smallest absolute Gasteiger partial charge is 0.298 e. The standard InChI is InChI=1S/C29H31N3O/c1-31(23-26-14-18-30-19-15-26)28(22-25-10-6-3-7-11-25)27-16-20-32(21-17-27)29(33)13-12-24-8-4-2-5-9-24/h2-11,14-15,18-19,27-28H,16-17,20-23H2,1H3. The minimum absolute atomic E-state index is 0.0675. The van der Waals surface area contributed by atoms with Crippen LogP contribution in [-0.4, -0.2) is 46.9 Å². The Balaban J connectivity index is 1.41. The van der Waals surface area contributed by atoms with Crippen molar-refractivity contribution in [3.05, 3.63) is 102 Å². The fourth-order valence-corrected chi connectivity index (χ4v) is 4.64. The molecule has 4 rings (SSSR count). The number of likely N-dealkylation sites (N-methyl/N-ethyl adjacent to an activating group) is 1. The van der Waals surface area contributed by atoms with Crippen LogP contribution in [0.5, 0.6) is 0 Å². The second kappa shape index (κ2) is 11.4. The van der Waals surface area contributed by atoms with Crippen molar-refractivity contribution in [1.29, 1.82) is 0 Å². The molecule has 0 N–H and O–H groups in total. The first-order valence-corrected chi connectivity index (χ1v) is 11.7. The molecule has 4 heteroatoms. The average Bonchev–Trinajstić information content (AvgIpc) is 2.88. The Bertz CT molecular complexity index is 1070. The number of hydrogen-bond donors (Lipinski definition) is 0. The summed E-state index contributed by atoms with van der Waals surface area (Å²) in [6, 6.07) is 25.0. The van der Waals surface area contributed by atoms with E-state index in [9.17, 15) is 4.79 Å². The van der Waals surface area contributed by atoms with E-state index in [2.05, 4.69) is 71.2 Å². The fraction of sp³-hybridized carbons (Fsp3) is 0.310. The molecule has 0 aliphatic carbocycles. The predicted octanol–water partition coefficient (Wildman–Crippen LogP) is 4.42. The maximum absolute atomic E-state index is 12.7. The summed E-state index contributed by atoms with van der Waals surface area (Å²) >= 11 is 0. The highest BCUT2D eigenvalue weighted by molar-refractivity contribution is 5.94. The minimum Gasteiger partial charge on any atom is -0.332 e. The van der Waals surface area contributed by atoms with Crippen molar-refractivity contribution >= 4 is 5.91 Å². The third kappa shape index (κ3) is 6.54. The van der Waals surface area contributed by atoms with Gasteiger partial charge >= 0.3 is 0 Å². The molecule has 0 spiro atoms. The first kappa shape index (κ1) is 22.8. The van der Waals surface area contributed by atoms with E-state index in [1.807, 2.05) is 47.6 Å². The molecule has 1 unspecified atom stereocenters. The van der Waals surface area contributed by atoms with E-state index in [4.69, 9.17) is 0 Å². The SMILES string of the molecule is CN(Cc1ccncc1)C(Cc1ccccc1)C1CCN(C(=O)C#Cc2ccccc2)CC1. The first-order valence-electron chi connectivity index (χ1n) is 11.7. The zero-order valence-corrected chi connectivity index (χ0v) is 19.2. The summed E-state index contributed by atoms with van der Waals surface area (Å²) in [6.07, 6.45) is 6.72. The molecular formula is C29H31N3O. The van der Waals surface area contributed by atoms with Crippen LogP contribution in [0.3, 0.4) is 0 Å². The second-order valence-electron chi connectivity index (χ2n) is 8.77. The Hall–Kier alpha value is -3.42. The van der Waals surface area contributed by atoms with Gasteiger partial charge in [-0.15, -0.1) is 0 Å². The van der Waals surface area contributed by atoms with Crippen molar-refractivity contribution in [2.75, 3.05) is 20.1 Å². The summed E-state index contributed by atoms with van der Waals surface area (Å²) in [5.74, 6) is 6.29. The van der Waals surface area contributed by atoms with Gasteiger partial charge in [0.25, 0.3) is 5.91 Å². The number of carbonyl (C=O) groups excluding carboxylic acids is 1. The van der Waals surface area contributed by atoms with Crippen molar-refractivity contribution in [3.63, 3.8) is 0 Å². The number of carbonyl (C=O) groups is 1. The Morgan fingerprint density at radius 2 is 1.61 bits per heavy atom. The molecule has 1 aromatic heterocycles. The number of likely N-dealkylation sites (tertiary alicyclic amines) is 1. The summed E-state index contributed by atoms with van der Waals surface area (Å²) in [5.41, 5.74) is 3.51. The molecule has 1 fully saturated rings. The molecule has 2 aromatic carbocycles. The third-order valence-electron chi connectivity index (χ3n) is 6.49. The molecule has 3 aromatic rings. The molecule has 2 heterocycles. The molecule has 4 nitrogen and oxygen atoms in total. The molecule has 33 heavy (non-hydrogen) atoms. The number of amides is 1. The van der Waals surface area contributed by atoms with Gasteiger partial charge in [0.2, 0.25) is 0 Å². The lowest BCUT2D eigenvalue weighted by molar-refractivity contribution is -0.126. The minimum atomic E-state index is -0.0675. The normalized spacial score (nSPS) is 15.0. The Morgan fingerprint density at radius 1 is 0.970 bits per heavy atom. The highest BCUT2D eigenvalue weighted by Crippen LogP contribution is 2.27. The van der Waals surface area contributed by atoms with Crippen LogP contribution in [0.4, 0.5) is 0 Å². The lowest BCUT2D eigenvalue weighted by Crippen LogP contribution is -2.46. The molecular weight excluding hydrogens is 406 g/mol.